The van der Waals surface area contributed by atoms with Gasteiger partial charge in [-0.3, -0.25) is 5.32 Å². The van der Waals surface area contributed by atoms with Crippen molar-refractivity contribution in [2.45, 2.75) is 44.2 Å². The molecule has 0 bridgehead atoms. The Bertz CT molecular complexity index is 530. The van der Waals surface area contributed by atoms with Crippen LogP contribution in [0.2, 0.25) is 0 Å². The van der Waals surface area contributed by atoms with Crippen LogP contribution >= 0.6 is 0 Å². The summed E-state index contributed by atoms with van der Waals surface area (Å²) in [6.07, 6.45) is 7.84. The number of hydrogen-bond acceptors (Lipinski definition) is 4. The van der Waals surface area contributed by atoms with E-state index in [1.807, 2.05) is 0 Å². The fourth-order valence-electron chi connectivity index (χ4n) is 4.57. The number of fused-ring (bicyclic) bond motifs is 2. The highest BCUT2D eigenvalue weighted by atomic mass is 16.5. The fourth-order valence-corrected chi connectivity index (χ4v) is 4.57. The smallest absolute Gasteiger partial charge is 0.320 e. The molecular weight excluding hydrogens is 268 g/mol. The van der Waals surface area contributed by atoms with Gasteiger partial charge in [0.2, 0.25) is 0 Å². The van der Waals surface area contributed by atoms with Crippen molar-refractivity contribution in [3.63, 3.8) is 0 Å². The van der Waals surface area contributed by atoms with Crippen molar-refractivity contribution in [3.8, 4) is 0 Å². The molecule has 3 aliphatic rings. The van der Waals surface area contributed by atoms with Crippen molar-refractivity contribution in [1.29, 1.82) is 0 Å². The van der Waals surface area contributed by atoms with Crippen LogP contribution in [0.4, 0.5) is 10.6 Å². The predicted molar refractivity (Wildman–Crippen MR) is 76.7 cm³/mol. The van der Waals surface area contributed by atoms with Gasteiger partial charge in [0.1, 0.15) is 0 Å². The fraction of sp³-hybridized carbons (Fsp3) is 0.667. The average molecular weight is 288 g/mol. The van der Waals surface area contributed by atoms with Crippen molar-refractivity contribution in [2.75, 3.05) is 11.9 Å². The summed E-state index contributed by atoms with van der Waals surface area (Å²) in [5.41, 5.74) is 0.181. The number of carbonyl (C=O) groups is 1. The molecule has 0 radical (unpaired) electrons. The molecule has 21 heavy (non-hydrogen) atoms. The van der Waals surface area contributed by atoms with Crippen LogP contribution in [-0.4, -0.2) is 35.0 Å². The Balaban J connectivity index is 1.45. The molecule has 6 heteroatoms. The first-order valence-corrected chi connectivity index (χ1v) is 7.76. The van der Waals surface area contributed by atoms with Crippen LogP contribution in [0.3, 0.4) is 0 Å². The Morgan fingerprint density at radius 1 is 1.38 bits per heavy atom. The maximum atomic E-state index is 12.2. The monoisotopic (exact) mass is 288 g/mol. The zero-order valence-corrected chi connectivity index (χ0v) is 11.9. The van der Waals surface area contributed by atoms with Crippen LogP contribution in [-0.2, 0) is 4.74 Å². The number of amides is 2. The van der Waals surface area contributed by atoms with Gasteiger partial charge < -0.3 is 10.1 Å². The molecule has 2 saturated carbocycles. The summed E-state index contributed by atoms with van der Waals surface area (Å²) in [5, 5.41) is 13.6. The maximum Gasteiger partial charge on any atom is 0.320 e. The second-order valence-corrected chi connectivity index (χ2v) is 6.37. The van der Waals surface area contributed by atoms with Gasteiger partial charge in [0, 0.05) is 30.2 Å². The number of ether oxygens (including phenoxy) is 1. The molecule has 0 unspecified atom stereocenters. The number of urea groups is 1. The Morgan fingerprint density at radius 2 is 2.24 bits per heavy atom. The molecular formula is C15H20N4O2. The van der Waals surface area contributed by atoms with Gasteiger partial charge in [-0.2, -0.15) is 5.10 Å². The highest BCUT2D eigenvalue weighted by molar-refractivity contribution is 5.88. The molecule has 3 fully saturated rings. The van der Waals surface area contributed by atoms with Crippen LogP contribution in [0.25, 0.3) is 0 Å². The second kappa shape index (κ2) is 4.94. The predicted octanol–water partition coefficient (Wildman–Crippen LogP) is 1.95. The zero-order chi connectivity index (χ0) is 14.3. The number of rotatable bonds is 2. The summed E-state index contributed by atoms with van der Waals surface area (Å²) in [6.45, 7) is 0.834. The van der Waals surface area contributed by atoms with Crippen LogP contribution < -0.4 is 10.6 Å². The molecule has 1 aromatic rings. The molecule has 3 atom stereocenters. The summed E-state index contributed by atoms with van der Waals surface area (Å²) in [7, 11) is 0. The molecule has 4 rings (SSSR count). The van der Waals surface area contributed by atoms with Crippen molar-refractivity contribution in [2.24, 2.45) is 11.3 Å². The molecule has 1 saturated heterocycles. The molecule has 2 heterocycles. The lowest BCUT2D eigenvalue weighted by Gasteiger charge is -2.56. The third kappa shape index (κ3) is 2.00. The topological polar surface area (TPSA) is 76.1 Å². The zero-order valence-electron chi connectivity index (χ0n) is 11.9. The van der Waals surface area contributed by atoms with E-state index in [1.165, 1.54) is 25.7 Å². The van der Waals surface area contributed by atoms with Crippen molar-refractivity contribution in [3.05, 3.63) is 18.3 Å². The van der Waals surface area contributed by atoms with Crippen LogP contribution in [0.5, 0.6) is 0 Å². The van der Waals surface area contributed by atoms with Crippen molar-refractivity contribution < 1.29 is 9.53 Å². The third-order valence-corrected chi connectivity index (χ3v) is 5.39. The van der Waals surface area contributed by atoms with E-state index in [1.54, 1.807) is 18.3 Å². The van der Waals surface area contributed by atoms with Crippen molar-refractivity contribution in [1.82, 2.24) is 15.5 Å². The molecule has 2 aliphatic carbocycles. The summed E-state index contributed by atoms with van der Waals surface area (Å²) in [5.74, 6) is 0.963. The Hall–Kier alpha value is -1.69. The van der Waals surface area contributed by atoms with E-state index in [-0.39, 0.29) is 17.5 Å². The van der Waals surface area contributed by atoms with E-state index in [0.717, 1.165) is 13.0 Å². The molecule has 1 aliphatic heterocycles. The van der Waals surface area contributed by atoms with E-state index in [4.69, 9.17) is 4.74 Å². The first kappa shape index (κ1) is 13.0. The number of aromatic nitrogens is 2. The lowest BCUT2D eigenvalue weighted by molar-refractivity contribution is -0.125. The number of nitrogens with one attached hydrogen (secondary N) is 2. The maximum absolute atomic E-state index is 12.2. The van der Waals surface area contributed by atoms with Gasteiger partial charge in [0.15, 0.2) is 5.82 Å². The van der Waals surface area contributed by atoms with Gasteiger partial charge >= 0.3 is 6.03 Å². The highest BCUT2D eigenvalue weighted by Gasteiger charge is 2.65. The van der Waals surface area contributed by atoms with Crippen LogP contribution in [0.1, 0.15) is 32.1 Å². The van der Waals surface area contributed by atoms with Crippen LogP contribution in [0, 0.1) is 11.3 Å². The molecule has 0 aromatic carbocycles. The van der Waals surface area contributed by atoms with Gasteiger partial charge in [-0.1, -0.05) is 12.8 Å². The largest absolute Gasteiger partial charge is 0.377 e. The molecule has 2 N–H and O–H groups in total. The summed E-state index contributed by atoms with van der Waals surface area (Å²) >= 11 is 0. The van der Waals surface area contributed by atoms with Gasteiger partial charge in [-0.05, 0) is 31.4 Å². The minimum atomic E-state index is -0.183. The Labute approximate surface area is 123 Å². The summed E-state index contributed by atoms with van der Waals surface area (Å²) < 4.78 is 5.93. The summed E-state index contributed by atoms with van der Waals surface area (Å²) in [4.78, 5) is 12.2. The summed E-state index contributed by atoms with van der Waals surface area (Å²) in [6, 6.07) is 3.55. The Kier molecular flexibility index (Phi) is 3.06. The highest BCUT2D eigenvalue weighted by Crippen LogP contribution is 2.60. The molecule has 2 amide bonds. The van der Waals surface area contributed by atoms with E-state index in [0.29, 0.717) is 17.8 Å². The lowest BCUT2D eigenvalue weighted by atomic mass is 9.54. The van der Waals surface area contributed by atoms with E-state index in [9.17, 15) is 4.79 Å². The van der Waals surface area contributed by atoms with Gasteiger partial charge in [-0.15, -0.1) is 5.10 Å². The molecule has 1 aromatic heterocycles. The Morgan fingerprint density at radius 3 is 3.00 bits per heavy atom. The van der Waals surface area contributed by atoms with Crippen molar-refractivity contribution >= 4 is 11.8 Å². The lowest BCUT2D eigenvalue weighted by Crippen LogP contribution is -2.68. The molecule has 6 nitrogen and oxygen atoms in total. The average Bonchev–Trinajstić information content (AvgIpc) is 3.14. The SMILES string of the molecule is O=C(Nc1cccnn1)N[C@@H]1[C@@H]2CCO[C@@H]2C12CCCC2. The number of anilines is 1. The van der Waals surface area contributed by atoms with Gasteiger partial charge in [0.05, 0.1) is 6.10 Å². The standard InChI is InChI=1S/C15H20N4O2/c20-14(17-11-4-3-8-16-19-11)18-12-10-5-9-21-13(10)15(12)6-1-2-7-15/h3-4,8,10,12-13H,1-2,5-7,9H2,(H2,17,18,19,20)/t10-,12+,13-/m0/s1. The minimum Gasteiger partial charge on any atom is -0.377 e. The van der Waals surface area contributed by atoms with Crippen LogP contribution in [0.15, 0.2) is 18.3 Å². The van der Waals surface area contributed by atoms with Gasteiger partial charge in [0.25, 0.3) is 0 Å². The number of carbonyl (C=O) groups excluding carboxylic acids is 1. The van der Waals surface area contributed by atoms with Gasteiger partial charge in [-0.25, -0.2) is 4.79 Å². The quantitative estimate of drug-likeness (QED) is 0.872. The first-order chi connectivity index (χ1) is 10.3. The minimum absolute atomic E-state index is 0.181. The third-order valence-electron chi connectivity index (χ3n) is 5.39. The molecule has 1 spiro atoms. The molecule has 112 valence electrons. The first-order valence-electron chi connectivity index (χ1n) is 7.76. The van der Waals surface area contributed by atoms with E-state index in [2.05, 4.69) is 20.8 Å². The van der Waals surface area contributed by atoms with E-state index >= 15 is 0 Å². The number of hydrogen-bond donors (Lipinski definition) is 2. The normalized spacial score (nSPS) is 32.5. The number of nitrogens with zero attached hydrogens (tertiary/aromatic N) is 2. The second-order valence-electron chi connectivity index (χ2n) is 6.37. The van der Waals surface area contributed by atoms with E-state index < -0.39 is 0 Å².